The molecular weight excluding hydrogens is 231 g/mol. The second-order valence-corrected chi connectivity index (χ2v) is 4.22. The average Bonchev–Trinajstić information content (AvgIpc) is 2.78. The van der Waals surface area contributed by atoms with Crippen molar-refractivity contribution in [2.45, 2.75) is 24.3 Å². The van der Waals surface area contributed by atoms with Gasteiger partial charge in [-0.15, -0.1) is 0 Å². The first-order valence-electron chi connectivity index (χ1n) is 5.34. The quantitative estimate of drug-likeness (QED) is 0.758. The number of benzene rings is 1. The summed E-state index contributed by atoms with van der Waals surface area (Å²) in [6.07, 6.45) is 0.651. The van der Waals surface area contributed by atoms with Gasteiger partial charge in [0.2, 0.25) is 0 Å². The first kappa shape index (κ1) is 11.8. The van der Waals surface area contributed by atoms with Crippen LogP contribution in [-0.4, -0.2) is 18.8 Å². The number of ether oxygens (including phenoxy) is 2. The van der Waals surface area contributed by atoms with Crippen molar-refractivity contribution >= 4 is 11.6 Å². The minimum absolute atomic E-state index is 0.219. The fourth-order valence-corrected chi connectivity index (χ4v) is 2.01. The van der Waals surface area contributed by atoms with Gasteiger partial charge >= 0.3 is 0 Å². The molecule has 0 saturated carbocycles. The van der Waals surface area contributed by atoms with E-state index in [4.69, 9.17) is 21.1 Å². The minimum atomic E-state index is -1.35. The summed E-state index contributed by atoms with van der Waals surface area (Å²) in [4.78, 5) is 0. The van der Waals surface area contributed by atoms with Crippen LogP contribution < -0.4 is 0 Å². The lowest BCUT2D eigenvalue weighted by atomic mass is 10.0. The molecule has 88 valence electrons. The molecule has 4 heteroatoms. The van der Waals surface area contributed by atoms with E-state index in [0.717, 1.165) is 5.56 Å². The van der Waals surface area contributed by atoms with Crippen molar-refractivity contribution in [3.05, 3.63) is 35.9 Å². The molecular formula is C12H14ClFO2. The van der Waals surface area contributed by atoms with Crippen LogP contribution in [0.25, 0.3) is 0 Å². The molecule has 0 amide bonds. The van der Waals surface area contributed by atoms with E-state index >= 15 is 0 Å². The van der Waals surface area contributed by atoms with E-state index < -0.39 is 11.4 Å². The molecule has 1 fully saturated rings. The van der Waals surface area contributed by atoms with Crippen LogP contribution in [-0.2, 0) is 15.3 Å². The Morgan fingerprint density at radius 3 is 2.44 bits per heavy atom. The second-order valence-electron chi connectivity index (χ2n) is 3.75. The van der Waals surface area contributed by atoms with Gasteiger partial charge in [0.1, 0.15) is 0 Å². The molecule has 1 aromatic rings. The van der Waals surface area contributed by atoms with Gasteiger partial charge in [-0.25, -0.2) is 4.39 Å². The van der Waals surface area contributed by atoms with E-state index in [1.165, 1.54) is 0 Å². The highest BCUT2D eigenvalue weighted by Crippen LogP contribution is 2.36. The normalized spacial score (nSPS) is 20.9. The molecule has 1 aliphatic heterocycles. The zero-order valence-electron chi connectivity index (χ0n) is 8.86. The Bertz CT molecular complexity index is 323. The molecule has 0 aromatic heterocycles. The van der Waals surface area contributed by atoms with E-state index in [1.807, 2.05) is 30.3 Å². The van der Waals surface area contributed by atoms with Crippen LogP contribution in [0.2, 0.25) is 0 Å². The maximum Gasteiger partial charge on any atom is 0.195 e. The topological polar surface area (TPSA) is 18.5 Å². The van der Waals surface area contributed by atoms with Crippen LogP contribution in [0.15, 0.2) is 30.3 Å². The van der Waals surface area contributed by atoms with E-state index in [2.05, 4.69) is 0 Å². The van der Waals surface area contributed by atoms with Crippen LogP contribution in [0.4, 0.5) is 4.39 Å². The molecule has 1 heterocycles. The number of halogens is 2. The zero-order valence-corrected chi connectivity index (χ0v) is 9.62. The molecule has 0 spiro atoms. The molecule has 1 atom stereocenters. The third-order valence-electron chi connectivity index (χ3n) is 2.66. The summed E-state index contributed by atoms with van der Waals surface area (Å²) >= 11 is 5.33. The van der Waals surface area contributed by atoms with E-state index in [1.54, 1.807) is 0 Å². The third kappa shape index (κ3) is 2.54. The lowest BCUT2D eigenvalue weighted by Gasteiger charge is -2.27. The molecule has 1 aliphatic rings. The average molecular weight is 245 g/mol. The standard InChI is InChI=1S/C12H14ClFO2/c13-11(14)6-7-12(15-8-9-16-12)10-4-2-1-3-5-10/h1-5,11H,6-9H2. The maximum atomic E-state index is 12.7. The van der Waals surface area contributed by atoms with Crippen molar-refractivity contribution < 1.29 is 13.9 Å². The summed E-state index contributed by atoms with van der Waals surface area (Å²) in [5.41, 5.74) is -0.432. The van der Waals surface area contributed by atoms with Gasteiger partial charge in [0, 0.05) is 12.0 Å². The molecule has 2 rings (SSSR count). The third-order valence-corrected chi connectivity index (χ3v) is 2.88. The molecule has 1 unspecified atom stereocenters. The fraction of sp³-hybridized carbons (Fsp3) is 0.500. The van der Waals surface area contributed by atoms with Crippen molar-refractivity contribution in [3.8, 4) is 0 Å². The molecule has 0 N–H and O–H groups in total. The van der Waals surface area contributed by atoms with Crippen LogP contribution in [0.5, 0.6) is 0 Å². The largest absolute Gasteiger partial charge is 0.343 e. The van der Waals surface area contributed by atoms with Crippen molar-refractivity contribution in [2.75, 3.05) is 13.2 Å². The van der Waals surface area contributed by atoms with E-state index in [9.17, 15) is 4.39 Å². The number of rotatable bonds is 4. The number of alkyl halides is 2. The van der Waals surface area contributed by atoms with Gasteiger partial charge < -0.3 is 9.47 Å². The van der Waals surface area contributed by atoms with Gasteiger partial charge in [-0.3, -0.25) is 0 Å². The van der Waals surface area contributed by atoms with Crippen molar-refractivity contribution in [1.82, 2.24) is 0 Å². The maximum absolute atomic E-state index is 12.7. The Balaban J connectivity index is 2.16. The highest BCUT2D eigenvalue weighted by atomic mass is 35.5. The Kier molecular flexibility index (Phi) is 3.79. The second kappa shape index (κ2) is 5.13. The lowest BCUT2D eigenvalue weighted by Crippen LogP contribution is -2.27. The molecule has 1 saturated heterocycles. The molecule has 0 aliphatic carbocycles. The van der Waals surface area contributed by atoms with Crippen molar-refractivity contribution in [1.29, 1.82) is 0 Å². The molecule has 2 nitrogen and oxygen atoms in total. The van der Waals surface area contributed by atoms with Crippen LogP contribution >= 0.6 is 11.6 Å². The smallest absolute Gasteiger partial charge is 0.195 e. The van der Waals surface area contributed by atoms with E-state index in [-0.39, 0.29) is 6.42 Å². The summed E-state index contributed by atoms with van der Waals surface area (Å²) < 4.78 is 24.0. The lowest BCUT2D eigenvalue weighted by molar-refractivity contribution is -0.172. The SMILES string of the molecule is FC(Cl)CCC1(c2ccccc2)OCCO1. The summed E-state index contributed by atoms with van der Waals surface area (Å²) in [7, 11) is 0. The summed E-state index contributed by atoms with van der Waals surface area (Å²) in [5, 5.41) is 0. The molecule has 1 aromatic carbocycles. The van der Waals surface area contributed by atoms with Crippen molar-refractivity contribution in [2.24, 2.45) is 0 Å². The Hall–Kier alpha value is -0.640. The first-order chi connectivity index (χ1) is 7.73. The van der Waals surface area contributed by atoms with Crippen LogP contribution in [0.1, 0.15) is 18.4 Å². The van der Waals surface area contributed by atoms with Gasteiger partial charge in [-0.05, 0) is 6.42 Å². The molecule has 16 heavy (non-hydrogen) atoms. The Labute approximate surface area is 99.3 Å². The molecule has 0 radical (unpaired) electrons. The summed E-state index contributed by atoms with van der Waals surface area (Å²) in [5.74, 6) is -0.805. The van der Waals surface area contributed by atoms with Gasteiger partial charge in [-0.1, -0.05) is 41.9 Å². The first-order valence-corrected chi connectivity index (χ1v) is 5.78. The predicted molar refractivity (Wildman–Crippen MR) is 60.0 cm³/mol. The summed E-state index contributed by atoms with van der Waals surface area (Å²) in [6, 6.07) is 9.59. The van der Waals surface area contributed by atoms with Gasteiger partial charge in [0.25, 0.3) is 0 Å². The highest BCUT2D eigenvalue weighted by molar-refractivity contribution is 6.19. The van der Waals surface area contributed by atoms with E-state index in [0.29, 0.717) is 19.6 Å². The monoisotopic (exact) mass is 244 g/mol. The number of hydrogen-bond donors (Lipinski definition) is 0. The summed E-state index contributed by atoms with van der Waals surface area (Å²) in [6.45, 7) is 1.07. The fourth-order valence-electron chi connectivity index (χ4n) is 1.90. The number of hydrogen-bond acceptors (Lipinski definition) is 2. The predicted octanol–water partition coefficient (Wildman–Crippen LogP) is 3.20. The highest BCUT2D eigenvalue weighted by Gasteiger charge is 2.38. The Morgan fingerprint density at radius 1 is 1.25 bits per heavy atom. The molecule has 0 bridgehead atoms. The van der Waals surface area contributed by atoms with Crippen molar-refractivity contribution in [3.63, 3.8) is 0 Å². The van der Waals surface area contributed by atoms with Gasteiger partial charge in [0.05, 0.1) is 13.2 Å². The van der Waals surface area contributed by atoms with Gasteiger partial charge in [-0.2, -0.15) is 0 Å². The minimum Gasteiger partial charge on any atom is -0.343 e. The van der Waals surface area contributed by atoms with Crippen LogP contribution in [0, 0.1) is 0 Å². The van der Waals surface area contributed by atoms with Gasteiger partial charge in [0.15, 0.2) is 11.4 Å². The zero-order chi connectivity index (χ0) is 11.4. The van der Waals surface area contributed by atoms with Crippen LogP contribution in [0.3, 0.4) is 0 Å². The Morgan fingerprint density at radius 2 is 1.88 bits per heavy atom.